The molecule has 123 heavy (non-hydrogen) atoms. The molecule has 2 aliphatic carbocycles. The van der Waals surface area contributed by atoms with Crippen LogP contribution < -0.4 is 4.74 Å². The molecule has 1 aromatic rings. The molecule has 726 valence electrons. The number of nitrogens with zero attached hydrogens (tertiary/aromatic N) is 5. The minimum Gasteiger partial charge on any atom is -0.489 e. The molecule has 0 radical (unpaired) electrons. The van der Waals surface area contributed by atoms with Gasteiger partial charge in [-0.15, -0.1) is 0 Å². The largest absolute Gasteiger partial charge is 0.489 e. The summed E-state index contributed by atoms with van der Waals surface area (Å²) in [5.41, 5.74) is 1.32. The number of pyridine rings is 1. The SMILES string of the molecule is CC(C)(C)CCN1CCN(C(C)(C)C)CC1.CC(C)(C)OCCCC#Cc1ccc(OC2CC(OC(C)(C)C)C2)cn1.CC(C)(C)OCCCCCOCCCCCN1CC(OC(C)(C)C)C1.CC(C)(C)OCCCCCOCCCCCOC1CC(OC(C)(C)C)C1.CC(C)(C)OCCCCCOCCOC(CC1CCN(C(C)(C)C)CC1)C(F)(F)F. The van der Waals surface area contributed by atoms with E-state index in [1.54, 1.807) is 6.20 Å². The summed E-state index contributed by atoms with van der Waals surface area (Å²) in [6, 6.07) is 3.85. The molecule has 3 aliphatic heterocycles. The van der Waals surface area contributed by atoms with Crippen molar-refractivity contribution < 1.29 is 74.8 Å². The second-order valence-corrected chi connectivity index (χ2v) is 45.3. The van der Waals surface area contributed by atoms with Crippen molar-refractivity contribution in [2.24, 2.45) is 11.3 Å². The van der Waals surface area contributed by atoms with E-state index in [0.717, 1.165) is 200 Å². The predicted molar refractivity (Wildman–Crippen MR) is 504 cm³/mol. The van der Waals surface area contributed by atoms with Crippen LogP contribution in [-0.2, 0) is 56.8 Å². The summed E-state index contributed by atoms with van der Waals surface area (Å²) in [5.74, 6) is 7.10. The Balaban J connectivity index is 0.000000526. The Hall–Kier alpha value is -2.34. The van der Waals surface area contributed by atoms with E-state index >= 15 is 0 Å². The number of aromatic nitrogens is 1. The first-order chi connectivity index (χ1) is 56.9. The molecular formula is C102H194F3N5O13. The Morgan fingerprint density at radius 3 is 1.17 bits per heavy atom. The van der Waals surface area contributed by atoms with Crippen molar-refractivity contribution in [1.82, 2.24) is 24.6 Å². The molecule has 4 heterocycles. The Kier molecular flexibility index (Phi) is 56.2. The van der Waals surface area contributed by atoms with E-state index in [1.165, 1.54) is 84.2 Å². The van der Waals surface area contributed by atoms with Gasteiger partial charge in [0.15, 0.2) is 6.10 Å². The minimum atomic E-state index is -4.33. The number of halogens is 3. The predicted octanol–water partition coefficient (Wildman–Crippen LogP) is 23.6. The normalized spacial score (nSPS) is 19.5. The van der Waals surface area contributed by atoms with Crippen molar-refractivity contribution in [2.45, 2.75) is 461 Å². The summed E-state index contributed by atoms with van der Waals surface area (Å²) in [5, 5.41) is 0. The highest BCUT2D eigenvalue weighted by atomic mass is 19.4. The number of rotatable bonds is 47. The number of piperazine rings is 1. The van der Waals surface area contributed by atoms with Gasteiger partial charge in [-0.3, -0.25) is 14.7 Å². The van der Waals surface area contributed by atoms with Crippen LogP contribution in [0.1, 0.15) is 374 Å². The standard InChI is InChI=1S/C23H44F3NO3.C22H33NO3.C22H44O4.C21H43NO3.C14H30N2/c1-21(2,3)27-12-10-19(11-13-27)18-20(23(24,25)26)29-17-16-28-14-8-7-9-15-30-22(4,5)6;1-21(2,3)24-13-9-7-8-10-17-11-12-18(16-23-17)25-19-14-20(15-19)26-22(4,5)6;1-21(2,3)25-16-12-8-10-14-23-13-9-7-11-15-24-19-17-20(18-19)26-22(4,5)6;1-20(2,3)24-16-12-8-11-15-23-14-10-7-9-13-22-17-19(18-22)25-21(4,5)6;1-13(2,3)7-8-15-9-11-16(12-10-15)14(4,5)6/h19-20H,7-18H2,1-6H3;11-12,16,19-20H,7,9,13-15H2,1-6H3;19-20H,7-18H2,1-6H3;19H,7-18H2,1-6H3;7-12H2,1-6H3. The Labute approximate surface area is 754 Å². The summed E-state index contributed by atoms with van der Waals surface area (Å²) in [6.07, 6.45) is 23.1. The number of hydrogen-bond donors (Lipinski definition) is 0. The fraction of sp³-hybridized carbons (Fsp3) is 0.931. The van der Waals surface area contributed by atoms with Crippen molar-refractivity contribution in [3.05, 3.63) is 24.0 Å². The quantitative estimate of drug-likeness (QED) is 0.0450. The van der Waals surface area contributed by atoms with Gasteiger partial charge in [-0.2, -0.15) is 13.2 Å². The van der Waals surface area contributed by atoms with Crippen molar-refractivity contribution in [2.75, 3.05) is 145 Å². The molecule has 1 unspecified atom stereocenters. The van der Waals surface area contributed by atoms with Crippen molar-refractivity contribution >= 4 is 0 Å². The molecule has 5 aliphatic rings. The van der Waals surface area contributed by atoms with E-state index in [4.69, 9.17) is 61.6 Å². The van der Waals surface area contributed by atoms with Gasteiger partial charge in [-0.25, -0.2) is 4.98 Å². The lowest BCUT2D eigenvalue weighted by atomic mass is 9.88. The number of piperidine rings is 1. The first kappa shape index (κ1) is 117. The Bertz CT molecular complexity index is 2790. The van der Waals surface area contributed by atoms with Gasteiger partial charge in [0.1, 0.15) is 17.5 Å². The van der Waals surface area contributed by atoms with Gasteiger partial charge in [0.05, 0.1) is 83.0 Å². The summed E-state index contributed by atoms with van der Waals surface area (Å²) < 4.78 is 115. The van der Waals surface area contributed by atoms with Crippen LogP contribution in [0.3, 0.4) is 0 Å². The smallest absolute Gasteiger partial charge is 0.414 e. The third-order valence-corrected chi connectivity index (χ3v) is 21.3. The van der Waals surface area contributed by atoms with Gasteiger partial charge in [0.2, 0.25) is 0 Å². The minimum absolute atomic E-state index is 0.00624. The third-order valence-electron chi connectivity index (χ3n) is 21.3. The molecule has 0 N–H and O–H groups in total. The zero-order valence-corrected chi connectivity index (χ0v) is 85.2. The molecule has 6 rings (SSSR count). The van der Waals surface area contributed by atoms with Crippen LogP contribution in [-0.4, -0.2) is 262 Å². The van der Waals surface area contributed by atoms with Crippen LogP contribution in [0.15, 0.2) is 18.3 Å². The molecular weight excluding hydrogens is 1560 g/mol. The highest BCUT2D eigenvalue weighted by Gasteiger charge is 2.43. The van der Waals surface area contributed by atoms with E-state index in [1.807, 2.05) is 32.9 Å². The van der Waals surface area contributed by atoms with Crippen molar-refractivity contribution in [3.63, 3.8) is 0 Å². The zero-order chi connectivity index (χ0) is 92.7. The first-order valence-electron chi connectivity index (χ1n) is 48.6. The second kappa shape index (κ2) is 59.2. The van der Waals surface area contributed by atoms with Gasteiger partial charge in [0, 0.05) is 136 Å². The lowest BCUT2D eigenvalue weighted by Crippen LogP contribution is -2.54. The summed E-state index contributed by atoms with van der Waals surface area (Å²) in [4.78, 5) is 14.4. The van der Waals surface area contributed by atoms with E-state index in [0.29, 0.717) is 48.6 Å². The van der Waals surface area contributed by atoms with Crippen LogP contribution in [0.2, 0.25) is 0 Å². The summed E-state index contributed by atoms with van der Waals surface area (Å²) in [6.45, 7) is 84.0. The molecule has 2 saturated carbocycles. The molecule has 0 amide bonds. The number of alkyl halides is 3. The number of hydrogen-bond acceptors (Lipinski definition) is 18. The maximum atomic E-state index is 13.4. The van der Waals surface area contributed by atoms with Crippen LogP contribution in [0.4, 0.5) is 13.2 Å². The molecule has 1 aromatic heterocycles. The zero-order valence-electron chi connectivity index (χ0n) is 85.2. The average molecular weight is 1760 g/mol. The highest BCUT2D eigenvalue weighted by molar-refractivity contribution is 5.31. The number of unbranched alkanes of at least 4 members (excludes halogenated alkanes) is 11. The summed E-state index contributed by atoms with van der Waals surface area (Å²) in [7, 11) is 0. The lowest BCUT2D eigenvalue weighted by molar-refractivity contribution is -0.228. The van der Waals surface area contributed by atoms with Gasteiger partial charge in [-0.05, 0) is 384 Å². The summed E-state index contributed by atoms with van der Waals surface area (Å²) >= 11 is 0. The lowest BCUT2D eigenvalue weighted by Gasteiger charge is -2.42. The third kappa shape index (κ3) is 68.4. The Morgan fingerprint density at radius 1 is 0.382 bits per heavy atom. The van der Waals surface area contributed by atoms with Crippen molar-refractivity contribution in [1.29, 1.82) is 0 Å². The van der Waals surface area contributed by atoms with Gasteiger partial charge in [0.25, 0.3) is 0 Å². The van der Waals surface area contributed by atoms with Crippen LogP contribution in [0, 0.1) is 23.2 Å². The fourth-order valence-corrected chi connectivity index (χ4v) is 14.3. The van der Waals surface area contributed by atoms with E-state index < -0.39 is 12.3 Å². The molecule has 0 bridgehead atoms. The average Bonchev–Trinajstić information content (AvgIpc) is 0.834. The topological polar surface area (TPSA) is 146 Å². The van der Waals surface area contributed by atoms with Gasteiger partial charge in [-0.1, -0.05) is 26.7 Å². The monoisotopic (exact) mass is 1750 g/mol. The van der Waals surface area contributed by atoms with Crippen LogP contribution in [0.5, 0.6) is 5.75 Å². The molecule has 0 spiro atoms. The molecule has 3 saturated heterocycles. The molecule has 0 aromatic carbocycles. The maximum Gasteiger partial charge on any atom is 0.414 e. The second-order valence-electron chi connectivity index (χ2n) is 45.3. The number of likely N-dealkylation sites (tertiary alicyclic amines) is 2. The maximum absolute atomic E-state index is 13.4. The van der Waals surface area contributed by atoms with Crippen LogP contribution >= 0.6 is 0 Å². The van der Waals surface area contributed by atoms with Crippen molar-refractivity contribution in [3.8, 4) is 17.6 Å². The first-order valence-corrected chi connectivity index (χ1v) is 48.6. The van der Waals surface area contributed by atoms with E-state index in [2.05, 4.69) is 223 Å². The molecule has 5 fully saturated rings. The van der Waals surface area contributed by atoms with E-state index in [-0.39, 0.29) is 76.4 Å². The Morgan fingerprint density at radius 2 is 0.772 bits per heavy atom. The molecule has 21 heteroatoms. The highest BCUT2D eigenvalue weighted by Crippen LogP contribution is 2.36. The fourth-order valence-electron chi connectivity index (χ4n) is 14.3. The molecule has 1 atom stereocenters. The van der Waals surface area contributed by atoms with Crippen LogP contribution in [0.25, 0.3) is 0 Å². The molecule has 18 nitrogen and oxygen atoms in total. The van der Waals surface area contributed by atoms with Gasteiger partial charge >= 0.3 is 6.18 Å². The van der Waals surface area contributed by atoms with E-state index in [9.17, 15) is 13.2 Å². The van der Waals surface area contributed by atoms with Gasteiger partial charge < -0.3 is 66.5 Å². The number of ether oxygens (including phenoxy) is 13.